The van der Waals surface area contributed by atoms with Gasteiger partial charge >= 0.3 is 6.18 Å². The molecule has 72 valence electrons. The van der Waals surface area contributed by atoms with Crippen molar-refractivity contribution in [3.05, 3.63) is 12.2 Å². The lowest BCUT2D eigenvalue weighted by atomic mass is 9.89. The monoisotopic (exact) mass is 201 g/mol. The smallest absolute Gasteiger partial charge is 0.327 e. The number of hydrogen-bond acceptors (Lipinski definition) is 1. The molecule has 0 fully saturated rings. The molecule has 0 bridgehead atoms. The van der Waals surface area contributed by atoms with E-state index >= 15 is 0 Å². The summed E-state index contributed by atoms with van der Waals surface area (Å²) in [6, 6.07) is -0.750. The Bertz CT molecular complexity index is 167. The average molecular weight is 202 g/mol. The highest BCUT2D eigenvalue weighted by Gasteiger charge is 2.42. The fourth-order valence-corrected chi connectivity index (χ4v) is 1.21. The van der Waals surface area contributed by atoms with Gasteiger partial charge in [-0.05, 0) is 12.8 Å². The SMILES string of the molecule is Cl.NC1CC=CCC1C(F)(F)F. The number of alkyl halides is 3. The van der Waals surface area contributed by atoms with Crippen LogP contribution in [0.2, 0.25) is 0 Å². The van der Waals surface area contributed by atoms with E-state index in [1.807, 2.05) is 0 Å². The van der Waals surface area contributed by atoms with Crippen LogP contribution in [0.25, 0.3) is 0 Å². The van der Waals surface area contributed by atoms with Crippen molar-refractivity contribution in [3.63, 3.8) is 0 Å². The molecule has 2 atom stereocenters. The lowest BCUT2D eigenvalue weighted by molar-refractivity contribution is -0.179. The first-order chi connectivity index (χ1) is 5.02. The van der Waals surface area contributed by atoms with Crippen LogP contribution in [-0.2, 0) is 0 Å². The second kappa shape index (κ2) is 4.14. The molecule has 0 amide bonds. The van der Waals surface area contributed by atoms with Crippen molar-refractivity contribution < 1.29 is 13.2 Å². The van der Waals surface area contributed by atoms with Gasteiger partial charge in [0.2, 0.25) is 0 Å². The van der Waals surface area contributed by atoms with Gasteiger partial charge in [-0.2, -0.15) is 13.2 Å². The van der Waals surface area contributed by atoms with E-state index in [1.54, 1.807) is 12.2 Å². The summed E-state index contributed by atoms with van der Waals surface area (Å²) < 4.78 is 36.2. The Morgan fingerprint density at radius 1 is 1.17 bits per heavy atom. The number of halogens is 4. The number of nitrogens with two attached hydrogens (primary N) is 1. The van der Waals surface area contributed by atoms with Crippen LogP contribution >= 0.6 is 12.4 Å². The summed E-state index contributed by atoms with van der Waals surface area (Å²) in [6.45, 7) is 0. The fourth-order valence-electron chi connectivity index (χ4n) is 1.21. The van der Waals surface area contributed by atoms with Gasteiger partial charge in [0.05, 0.1) is 5.92 Å². The minimum atomic E-state index is -4.13. The van der Waals surface area contributed by atoms with Crippen molar-refractivity contribution >= 4 is 12.4 Å². The van der Waals surface area contributed by atoms with Crippen LogP contribution in [-0.4, -0.2) is 12.2 Å². The minimum absolute atomic E-state index is 0. The van der Waals surface area contributed by atoms with Gasteiger partial charge in [0.15, 0.2) is 0 Å². The van der Waals surface area contributed by atoms with E-state index in [0.29, 0.717) is 6.42 Å². The maximum absolute atomic E-state index is 12.1. The molecular formula is C7H11ClF3N. The van der Waals surface area contributed by atoms with Gasteiger partial charge in [-0.15, -0.1) is 12.4 Å². The van der Waals surface area contributed by atoms with Crippen molar-refractivity contribution in [2.45, 2.75) is 25.1 Å². The first-order valence-electron chi connectivity index (χ1n) is 3.49. The largest absolute Gasteiger partial charge is 0.393 e. The van der Waals surface area contributed by atoms with Gasteiger partial charge in [0.25, 0.3) is 0 Å². The Morgan fingerprint density at radius 3 is 2.00 bits per heavy atom. The summed E-state index contributed by atoms with van der Waals surface area (Å²) in [5.41, 5.74) is 5.29. The molecule has 0 saturated carbocycles. The van der Waals surface area contributed by atoms with E-state index in [1.165, 1.54) is 0 Å². The molecule has 0 heterocycles. The first kappa shape index (κ1) is 11.8. The third kappa shape index (κ3) is 2.68. The first-order valence-corrected chi connectivity index (χ1v) is 3.49. The molecule has 0 spiro atoms. The van der Waals surface area contributed by atoms with Gasteiger partial charge < -0.3 is 5.73 Å². The van der Waals surface area contributed by atoms with E-state index in [4.69, 9.17) is 5.73 Å². The zero-order chi connectivity index (χ0) is 8.48. The van der Waals surface area contributed by atoms with Crippen LogP contribution in [0.4, 0.5) is 13.2 Å². The Morgan fingerprint density at radius 2 is 1.67 bits per heavy atom. The van der Waals surface area contributed by atoms with E-state index in [0.717, 1.165) is 0 Å². The topological polar surface area (TPSA) is 26.0 Å². The summed E-state index contributed by atoms with van der Waals surface area (Å²) in [7, 11) is 0. The molecular weight excluding hydrogens is 191 g/mol. The summed E-state index contributed by atoms with van der Waals surface area (Å²) in [5, 5.41) is 0. The van der Waals surface area contributed by atoms with Crippen molar-refractivity contribution in [1.82, 2.24) is 0 Å². The average Bonchev–Trinajstić information content (AvgIpc) is 1.86. The molecule has 1 rings (SSSR count). The summed E-state index contributed by atoms with van der Waals surface area (Å²) in [5.74, 6) is -1.34. The van der Waals surface area contributed by atoms with Crippen LogP contribution in [0.3, 0.4) is 0 Å². The molecule has 2 N–H and O–H groups in total. The van der Waals surface area contributed by atoms with Gasteiger partial charge in [0, 0.05) is 6.04 Å². The van der Waals surface area contributed by atoms with Gasteiger partial charge in [-0.3, -0.25) is 0 Å². The molecule has 0 saturated heterocycles. The predicted molar refractivity (Wildman–Crippen MR) is 43.1 cm³/mol. The molecule has 0 aromatic carbocycles. The van der Waals surface area contributed by atoms with Crippen LogP contribution in [0.5, 0.6) is 0 Å². The van der Waals surface area contributed by atoms with Crippen LogP contribution in [0, 0.1) is 5.92 Å². The molecule has 0 aliphatic heterocycles. The molecule has 0 radical (unpaired) electrons. The number of allylic oxidation sites excluding steroid dienone is 1. The molecule has 1 aliphatic carbocycles. The van der Waals surface area contributed by atoms with Crippen LogP contribution in [0.15, 0.2) is 12.2 Å². The highest BCUT2D eigenvalue weighted by molar-refractivity contribution is 5.85. The second-order valence-electron chi connectivity index (χ2n) is 2.75. The Labute approximate surface area is 75.2 Å². The molecule has 2 unspecified atom stereocenters. The van der Waals surface area contributed by atoms with Gasteiger partial charge in [-0.1, -0.05) is 12.2 Å². The molecule has 0 aromatic heterocycles. The zero-order valence-electron chi connectivity index (χ0n) is 6.34. The predicted octanol–water partition coefficient (Wildman–Crippen LogP) is 2.26. The van der Waals surface area contributed by atoms with Crippen molar-refractivity contribution in [2.75, 3.05) is 0 Å². The molecule has 0 aromatic rings. The van der Waals surface area contributed by atoms with Gasteiger partial charge in [-0.25, -0.2) is 0 Å². The van der Waals surface area contributed by atoms with Crippen molar-refractivity contribution in [3.8, 4) is 0 Å². The lowest BCUT2D eigenvalue weighted by Crippen LogP contribution is -2.40. The summed E-state index contributed by atoms with van der Waals surface area (Å²) >= 11 is 0. The maximum Gasteiger partial charge on any atom is 0.393 e. The summed E-state index contributed by atoms with van der Waals surface area (Å²) in [6.07, 6.45) is -0.520. The molecule has 12 heavy (non-hydrogen) atoms. The van der Waals surface area contributed by atoms with E-state index in [2.05, 4.69) is 0 Å². The molecule has 1 aliphatic rings. The lowest BCUT2D eigenvalue weighted by Gasteiger charge is -2.26. The Balaban J connectivity index is 0.00000121. The van der Waals surface area contributed by atoms with Crippen molar-refractivity contribution in [2.24, 2.45) is 11.7 Å². The minimum Gasteiger partial charge on any atom is -0.327 e. The van der Waals surface area contributed by atoms with E-state index in [9.17, 15) is 13.2 Å². The maximum atomic E-state index is 12.1. The molecule has 5 heteroatoms. The van der Waals surface area contributed by atoms with Crippen LogP contribution < -0.4 is 5.73 Å². The number of rotatable bonds is 0. The highest BCUT2D eigenvalue weighted by atomic mass is 35.5. The normalized spacial score (nSPS) is 29.7. The quantitative estimate of drug-likeness (QED) is 0.598. The third-order valence-electron chi connectivity index (χ3n) is 1.90. The Kier molecular flexibility index (Phi) is 4.06. The van der Waals surface area contributed by atoms with Crippen LogP contribution in [0.1, 0.15) is 12.8 Å². The van der Waals surface area contributed by atoms with Crippen molar-refractivity contribution in [1.29, 1.82) is 0 Å². The molecule has 1 nitrogen and oxygen atoms in total. The van der Waals surface area contributed by atoms with E-state index < -0.39 is 18.1 Å². The highest BCUT2D eigenvalue weighted by Crippen LogP contribution is 2.34. The summed E-state index contributed by atoms with van der Waals surface area (Å²) in [4.78, 5) is 0. The number of hydrogen-bond donors (Lipinski definition) is 1. The zero-order valence-corrected chi connectivity index (χ0v) is 7.16. The van der Waals surface area contributed by atoms with Gasteiger partial charge in [0.1, 0.15) is 0 Å². The second-order valence-corrected chi connectivity index (χ2v) is 2.75. The van der Waals surface area contributed by atoms with E-state index in [-0.39, 0.29) is 18.8 Å². The fraction of sp³-hybridized carbons (Fsp3) is 0.714. The standard InChI is InChI=1S/C7H10F3N.ClH/c8-7(9,10)5-3-1-2-4-6(5)11;/h1-2,5-6H,3-4,11H2;1H. The third-order valence-corrected chi connectivity index (χ3v) is 1.90. The Hall–Kier alpha value is -0.220.